The molecule has 1 atom stereocenters. The number of aromatic hydroxyl groups is 1. The third-order valence-corrected chi connectivity index (χ3v) is 4.75. The van der Waals surface area contributed by atoms with Gasteiger partial charge in [-0.15, -0.1) is 0 Å². The van der Waals surface area contributed by atoms with Gasteiger partial charge in [-0.1, -0.05) is 5.16 Å². The van der Waals surface area contributed by atoms with Gasteiger partial charge in [-0.3, -0.25) is 9.88 Å². The van der Waals surface area contributed by atoms with Crippen molar-refractivity contribution in [2.24, 2.45) is 0 Å². The minimum atomic E-state index is -0.125. The van der Waals surface area contributed by atoms with Gasteiger partial charge in [-0.05, 0) is 40.2 Å². The molecule has 0 radical (unpaired) electrons. The Kier molecular flexibility index (Phi) is 4.37. The van der Waals surface area contributed by atoms with E-state index in [9.17, 15) is 10.2 Å². The lowest BCUT2D eigenvalue weighted by Gasteiger charge is -2.26. The zero-order valence-electron chi connectivity index (χ0n) is 13.8. The second-order valence-corrected chi connectivity index (χ2v) is 6.22. The highest BCUT2D eigenvalue weighted by molar-refractivity contribution is 5.41. The zero-order valence-corrected chi connectivity index (χ0v) is 13.8. The Balaban J connectivity index is 1.92. The van der Waals surface area contributed by atoms with Gasteiger partial charge < -0.3 is 14.7 Å². The van der Waals surface area contributed by atoms with E-state index in [1.807, 2.05) is 13.8 Å². The fourth-order valence-corrected chi connectivity index (χ4v) is 3.51. The molecule has 2 N–H and O–H groups in total. The van der Waals surface area contributed by atoms with Crippen LogP contribution in [0, 0.1) is 20.8 Å². The monoisotopic (exact) mass is 317 g/mol. The molecule has 0 amide bonds. The molecular formula is C17H23N3O3. The van der Waals surface area contributed by atoms with E-state index in [0.717, 1.165) is 42.0 Å². The van der Waals surface area contributed by atoms with Gasteiger partial charge >= 0.3 is 0 Å². The molecule has 0 bridgehead atoms. The van der Waals surface area contributed by atoms with Gasteiger partial charge in [-0.25, -0.2) is 0 Å². The van der Waals surface area contributed by atoms with E-state index >= 15 is 0 Å². The lowest BCUT2D eigenvalue weighted by atomic mass is 10.0. The van der Waals surface area contributed by atoms with Crippen LogP contribution in [0.5, 0.6) is 5.75 Å². The highest BCUT2D eigenvalue weighted by Gasteiger charge is 2.31. The smallest absolute Gasteiger partial charge is 0.141 e. The quantitative estimate of drug-likeness (QED) is 0.901. The first-order chi connectivity index (χ1) is 11.0. The molecule has 0 unspecified atom stereocenters. The normalized spacial score (nSPS) is 18.7. The van der Waals surface area contributed by atoms with E-state index in [1.54, 1.807) is 13.1 Å². The Morgan fingerprint density at radius 2 is 2.09 bits per heavy atom. The Labute approximate surface area is 135 Å². The van der Waals surface area contributed by atoms with Crippen molar-refractivity contribution in [1.82, 2.24) is 15.0 Å². The van der Waals surface area contributed by atoms with E-state index < -0.39 is 0 Å². The van der Waals surface area contributed by atoms with Crippen molar-refractivity contribution < 1.29 is 14.7 Å². The van der Waals surface area contributed by atoms with Crippen LogP contribution < -0.4 is 0 Å². The lowest BCUT2D eigenvalue weighted by molar-refractivity contribution is 0.235. The van der Waals surface area contributed by atoms with Crippen molar-refractivity contribution in [2.75, 3.05) is 6.54 Å². The van der Waals surface area contributed by atoms with Crippen molar-refractivity contribution >= 4 is 0 Å². The number of hydrogen-bond acceptors (Lipinski definition) is 6. The second kappa shape index (κ2) is 6.29. The molecule has 1 aliphatic rings. The maximum Gasteiger partial charge on any atom is 0.141 e. The Morgan fingerprint density at radius 3 is 2.74 bits per heavy atom. The van der Waals surface area contributed by atoms with Crippen LogP contribution in [0.15, 0.2) is 10.7 Å². The standard InChI is InChI=1S/C17H23N3O3/c1-10-16(12(3)23-19-10)15-5-4-6-20(15)8-14-13(9-21)7-18-11(2)17(14)22/h7,15,21-22H,4-6,8-9H2,1-3H3/t15-/m1/s1. The van der Waals surface area contributed by atoms with Crippen LogP contribution in [0.4, 0.5) is 0 Å². The number of aromatic nitrogens is 2. The molecule has 0 aromatic carbocycles. The summed E-state index contributed by atoms with van der Waals surface area (Å²) in [5.41, 5.74) is 4.11. The summed E-state index contributed by atoms with van der Waals surface area (Å²) >= 11 is 0. The summed E-state index contributed by atoms with van der Waals surface area (Å²) in [5, 5.41) is 24.0. The van der Waals surface area contributed by atoms with Crippen molar-refractivity contribution in [3.63, 3.8) is 0 Å². The predicted octanol–water partition coefficient (Wildman–Crippen LogP) is 2.53. The summed E-state index contributed by atoms with van der Waals surface area (Å²) in [4.78, 5) is 6.45. The average Bonchev–Trinajstić information content (AvgIpc) is 3.10. The maximum absolute atomic E-state index is 10.4. The number of hydrogen-bond donors (Lipinski definition) is 2. The molecule has 1 aliphatic heterocycles. The van der Waals surface area contributed by atoms with Gasteiger partial charge in [0.05, 0.1) is 18.0 Å². The van der Waals surface area contributed by atoms with Crippen LogP contribution in [-0.4, -0.2) is 31.8 Å². The van der Waals surface area contributed by atoms with E-state index in [1.165, 1.54) is 0 Å². The molecule has 3 heterocycles. The van der Waals surface area contributed by atoms with Crippen LogP contribution in [-0.2, 0) is 13.2 Å². The van der Waals surface area contributed by atoms with Crippen LogP contribution in [0.25, 0.3) is 0 Å². The summed E-state index contributed by atoms with van der Waals surface area (Å²) in [6.45, 7) is 7.09. The Morgan fingerprint density at radius 1 is 1.30 bits per heavy atom. The van der Waals surface area contributed by atoms with Crippen LogP contribution >= 0.6 is 0 Å². The van der Waals surface area contributed by atoms with Gasteiger partial charge in [0, 0.05) is 35.5 Å². The van der Waals surface area contributed by atoms with Crippen molar-refractivity contribution in [2.45, 2.75) is 52.8 Å². The molecule has 2 aromatic rings. The fraction of sp³-hybridized carbons (Fsp3) is 0.529. The number of likely N-dealkylation sites (tertiary alicyclic amines) is 1. The fourth-order valence-electron chi connectivity index (χ4n) is 3.51. The number of aryl methyl sites for hydroxylation is 3. The van der Waals surface area contributed by atoms with E-state index in [0.29, 0.717) is 17.8 Å². The largest absolute Gasteiger partial charge is 0.506 e. The zero-order chi connectivity index (χ0) is 16.6. The molecule has 0 saturated carbocycles. The minimum Gasteiger partial charge on any atom is -0.506 e. The summed E-state index contributed by atoms with van der Waals surface area (Å²) < 4.78 is 5.32. The summed E-state index contributed by atoms with van der Waals surface area (Å²) in [5.74, 6) is 1.04. The average molecular weight is 317 g/mol. The molecule has 124 valence electrons. The first-order valence-corrected chi connectivity index (χ1v) is 7.97. The summed E-state index contributed by atoms with van der Waals surface area (Å²) in [6, 6.07) is 0.237. The highest BCUT2D eigenvalue weighted by Crippen LogP contribution is 2.38. The number of nitrogens with zero attached hydrogens (tertiary/aromatic N) is 3. The third-order valence-electron chi connectivity index (χ3n) is 4.75. The van der Waals surface area contributed by atoms with Crippen molar-refractivity contribution in [3.05, 3.63) is 40.0 Å². The van der Waals surface area contributed by atoms with Gasteiger partial charge in [0.1, 0.15) is 11.5 Å². The molecular weight excluding hydrogens is 294 g/mol. The molecule has 1 saturated heterocycles. The van der Waals surface area contributed by atoms with Crippen LogP contribution in [0.3, 0.4) is 0 Å². The molecule has 1 fully saturated rings. The number of pyridine rings is 1. The Bertz CT molecular complexity index is 692. The maximum atomic E-state index is 10.4. The summed E-state index contributed by atoms with van der Waals surface area (Å²) in [7, 11) is 0. The minimum absolute atomic E-state index is 0.125. The van der Waals surface area contributed by atoms with Gasteiger partial charge in [0.15, 0.2) is 0 Å². The number of aliphatic hydroxyl groups excluding tert-OH is 1. The molecule has 23 heavy (non-hydrogen) atoms. The van der Waals surface area contributed by atoms with Gasteiger partial charge in [0.2, 0.25) is 0 Å². The van der Waals surface area contributed by atoms with Crippen LogP contribution in [0.1, 0.15) is 52.7 Å². The van der Waals surface area contributed by atoms with Crippen LogP contribution in [0.2, 0.25) is 0 Å². The highest BCUT2D eigenvalue weighted by atomic mass is 16.5. The van der Waals surface area contributed by atoms with E-state index in [-0.39, 0.29) is 18.4 Å². The second-order valence-electron chi connectivity index (χ2n) is 6.22. The predicted molar refractivity (Wildman–Crippen MR) is 84.9 cm³/mol. The summed E-state index contributed by atoms with van der Waals surface area (Å²) in [6.07, 6.45) is 3.78. The van der Waals surface area contributed by atoms with Gasteiger partial charge in [-0.2, -0.15) is 0 Å². The van der Waals surface area contributed by atoms with Crippen molar-refractivity contribution in [1.29, 1.82) is 0 Å². The first-order valence-electron chi connectivity index (χ1n) is 7.97. The first kappa shape index (κ1) is 16.0. The SMILES string of the molecule is Cc1ncc(CO)c(CN2CCC[C@@H]2c2c(C)noc2C)c1O. The number of rotatable bonds is 4. The van der Waals surface area contributed by atoms with Crippen molar-refractivity contribution in [3.8, 4) is 5.75 Å². The molecule has 0 spiro atoms. The van der Waals surface area contributed by atoms with E-state index in [2.05, 4.69) is 15.0 Å². The topological polar surface area (TPSA) is 82.6 Å². The molecule has 3 rings (SSSR count). The molecule has 2 aromatic heterocycles. The third kappa shape index (κ3) is 2.84. The van der Waals surface area contributed by atoms with E-state index in [4.69, 9.17) is 4.52 Å². The molecule has 6 heteroatoms. The Hall–Kier alpha value is -1.92. The molecule has 0 aliphatic carbocycles. The molecule has 6 nitrogen and oxygen atoms in total. The lowest BCUT2D eigenvalue weighted by Crippen LogP contribution is -2.24. The van der Waals surface area contributed by atoms with Gasteiger partial charge in [0.25, 0.3) is 0 Å². The number of aliphatic hydroxyl groups is 1.